The SMILES string of the molecule is COC(=O)c1cccc(NC(=O)CN(c2cc(C)cc(C)c2)S(=O)(=O)c2ccc(C)cc2)c1C. The predicted octanol–water partition coefficient (Wildman–Crippen LogP) is 4.54. The van der Waals surface area contributed by atoms with Crippen molar-refractivity contribution >= 4 is 33.3 Å². The topological polar surface area (TPSA) is 92.8 Å². The zero-order valence-corrected chi connectivity index (χ0v) is 20.7. The molecule has 0 atom stereocenters. The molecule has 0 radical (unpaired) electrons. The first-order valence-corrected chi connectivity index (χ1v) is 12.1. The van der Waals surface area contributed by atoms with E-state index in [1.807, 2.05) is 26.8 Å². The summed E-state index contributed by atoms with van der Waals surface area (Å²) < 4.78 is 33.1. The van der Waals surface area contributed by atoms with Gasteiger partial charge in [0.05, 0.1) is 23.3 Å². The van der Waals surface area contributed by atoms with E-state index in [4.69, 9.17) is 4.74 Å². The van der Waals surface area contributed by atoms with Gasteiger partial charge in [-0.25, -0.2) is 13.2 Å². The third-order valence-electron chi connectivity index (χ3n) is 5.40. The molecule has 0 spiro atoms. The summed E-state index contributed by atoms with van der Waals surface area (Å²) in [6.07, 6.45) is 0. The van der Waals surface area contributed by atoms with Crippen molar-refractivity contribution in [1.29, 1.82) is 0 Å². The number of nitrogens with one attached hydrogen (secondary N) is 1. The molecule has 0 heterocycles. The number of hydrogen-bond donors (Lipinski definition) is 1. The molecule has 0 aliphatic rings. The van der Waals surface area contributed by atoms with Gasteiger partial charge in [-0.2, -0.15) is 0 Å². The highest BCUT2D eigenvalue weighted by molar-refractivity contribution is 7.92. The normalized spacial score (nSPS) is 11.1. The quantitative estimate of drug-likeness (QED) is 0.501. The average molecular weight is 481 g/mol. The number of rotatable bonds is 7. The summed E-state index contributed by atoms with van der Waals surface area (Å²) in [5.74, 6) is -1.06. The lowest BCUT2D eigenvalue weighted by atomic mass is 10.1. The molecular weight excluding hydrogens is 452 g/mol. The van der Waals surface area contributed by atoms with Gasteiger partial charge in [0.25, 0.3) is 10.0 Å². The van der Waals surface area contributed by atoms with Gasteiger partial charge >= 0.3 is 5.97 Å². The van der Waals surface area contributed by atoms with E-state index in [1.54, 1.807) is 49.4 Å². The van der Waals surface area contributed by atoms with Crippen molar-refractivity contribution in [3.8, 4) is 0 Å². The summed E-state index contributed by atoms with van der Waals surface area (Å²) in [6.45, 7) is 6.85. The van der Waals surface area contributed by atoms with Gasteiger partial charge in [0.1, 0.15) is 6.54 Å². The van der Waals surface area contributed by atoms with Crippen LogP contribution in [0.1, 0.15) is 32.6 Å². The van der Waals surface area contributed by atoms with E-state index in [1.165, 1.54) is 19.2 Å². The number of sulfonamides is 1. The van der Waals surface area contributed by atoms with Crippen LogP contribution in [0.15, 0.2) is 65.6 Å². The Balaban J connectivity index is 1.99. The van der Waals surface area contributed by atoms with Crippen LogP contribution in [0.4, 0.5) is 11.4 Å². The Bertz CT molecular complexity index is 1310. The fraction of sp³-hybridized carbons (Fsp3) is 0.231. The number of carbonyl (C=O) groups excluding carboxylic acids is 2. The van der Waals surface area contributed by atoms with Crippen LogP contribution in [0.25, 0.3) is 0 Å². The Morgan fingerprint density at radius 2 is 1.50 bits per heavy atom. The van der Waals surface area contributed by atoms with Gasteiger partial charge in [0.2, 0.25) is 5.91 Å². The van der Waals surface area contributed by atoms with E-state index in [2.05, 4.69) is 5.32 Å². The smallest absolute Gasteiger partial charge is 0.338 e. The highest BCUT2D eigenvalue weighted by Gasteiger charge is 2.28. The summed E-state index contributed by atoms with van der Waals surface area (Å²) in [5, 5.41) is 2.74. The fourth-order valence-corrected chi connectivity index (χ4v) is 5.07. The highest BCUT2D eigenvalue weighted by atomic mass is 32.2. The van der Waals surface area contributed by atoms with E-state index >= 15 is 0 Å². The Morgan fingerprint density at radius 3 is 2.09 bits per heavy atom. The van der Waals surface area contributed by atoms with Crippen LogP contribution < -0.4 is 9.62 Å². The van der Waals surface area contributed by atoms with Crippen molar-refractivity contribution in [1.82, 2.24) is 0 Å². The maximum atomic E-state index is 13.6. The number of ether oxygens (including phenoxy) is 1. The highest BCUT2D eigenvalue weighted by Crippen LogP contribution is 2.27. The second-order valence-corrected chi connectivity index (χ2v) is 10.1. The first-order chi connectivity index (χ1) is 16.0. The zero-order chi connectivity index (χ0) is 25.0. The third kappa shape index (κ3) is 5.46. The third-order valence-corrected chi connectivity index (χ3v) is 7.19. The number of benzene rings is 3. The van der Waals surface area contributed by atoms with Gasteiger partial charge in [-0.05, 0) is 80.8 Å². The second-order valence-electron chi connectivity index (χ2n) is 8.19. The summed E-state index contributed by atoms with van der Waals surface area (Å²) in [6, 6.07) is 16.8. The molecule has 0 saturated carbocycles. The van der Waals surface area contributed by atoms with Crippen LogP contribution in [0.5, 0.6) is 0 Å². The van der Waals surface area contributed by atoms with Gasteiger partial charge < -0.3 is 10.1 Å². The van der Waals surface area contributed by atoms with E-state index in [0.29, 0.717) is 22.5 Å². The fourth-order valence-electron chi connectivity index (χ4n) is 3.67. The van der Waals surface area contributed by atoms with E-state index in [-0.39, 0.29) is 4.90 Å². The lowest BCUT2D eigenvalue weighted by Gasteiger charge is -2.25. The Labute approximate surface area is 200 Å². The van der Waals surface area contributed by atoms with Crippen molar-refractivity contribution in [2.24, 2.45) is 0 Å². The number of carbonyl (C=O) groups is 2. The number of esters is 1. The number of methoxy groups -OCH3 is 1. The Morgan fingerprint density at radius 1 is 0.882 bits per heavy atom. The minimum Gasteiger partial charge on any atom is -0.465 e. The molecule has 3 aromatic rings. The second kappa shape index (κ2) is 10.1. The molecule has 7 nitrogen and oxygen atoms in total. The molecule has 3 aromatic carbocycles. The lowest BCUT2D eigenvalue weighted by molar-refractivity contribution is -0.114. The van der Waals surface area contributed by atoms with Crippen LogP contribution >= 0.6 is 0 Å². The minimum atomic E-state index is -4.03. The van der Waals surface area contributed by atoms with Gasteiger partial charge in [0.15, 0.2) is 0 Å². The van der Waals surface area contributed by atoms with Crippen LogP contribution in [-0.4, -0.2) is 33.9 Å². The molecule has 0 aliphatic carbocycles. The van der Waals surface area contributed by atoms with Crippen molar-refractivity contribution in [3.63, 3.8) is 0 Å². The largest absolute Gasteiger partial charge is 0.465 e. The minimum absolute atomic E-state index is 0.0916. The maximum absolute atomic E-state index is 13.6. The molecule has 0 unspecified atom stereocenters. The van der Waals surface area contributed by atoms with Crippen LogP contribution in [-0.2, 0) is 19.6 Å². The van der Waals surface area contributed by atoms with E-state index in [9.17, 15) is 18.0 Å². The number of anilines is 2. The molecule has 0 saturated heterocycles. The molecule has 0 aromatic heterocycles. The Kier molecular flexibility index (Phi) is 7.41. The van der Waals surface area contributed by atoms with Gasteiger partial charge in [-0.15, -0.1) is 0 Å². The zero-order valence-electron chi connectivity index (χ0n) is 19.9. The van der Waals surface area contributed by atoms with Gasteiger partial charge in [0, 0.05) is 5.69 Å². The first kappa shape index (κ1) is 25.0. The van der Waals surface area contributed by atoms with Crippen LogP contribution in [0, 0.1) is 27.7 Å². The first-order valence-electron chi connectivity index (χ1n) is 10.7. The van der Waals surface area contributed by atoms with Crippen molar-refractivity contribution < 1.29 is 22.7 Å². The molecule has 0 fully saturated rings. The van der Waals surface area contributed by atoms with Gasteiger partial charge in [-0.3, -0.25) is 9.10 Å². The van der Waals surface area contributed by atoms with Crippen molar-refractivity contribution in [2.75, 3.05) is 23.3 Å². The van der Waals surface area contributed by atoms with Crippen molar-refractivity contribution in [3.05, 3.63) is 88.5 Å². The summed E-state index contributed by atoms with van der Waals surface area (Å²) in [5.41, 5.74) is 4.33. The monoisotopic (exact) mass is 480 g/mol. The number of hydrogen-bond acceptors (Lipinski definition) is 5. The molecule has 8 heteroatoms. The van der Waals surface area contributed by atoms with E-state index < -0.39 is 28.4 Å². The maximum Gasteiger partial charge on any atom is 0.338 e. The molecule has 1 N–H and O–H groups in total. The van der Waals surface area contributed by atoms with Gasteiger partial charge in [-0.1, -0.05) is 29.8 Å². The number of nitrogens with zero attached hydrogens (tertiary/aromatic N) is 1. The molecule has 34 heavy (non-hydrogen) atoms. The van der Waals surface area contributed by atoms with Crippen LogP contribution in [0.3, 0.4) is 0 Å². The number of amides is 1. The molecular formula is C26H28N2O5S. The average Bonchev–Trinajstić information content (AvgIpc) is 2.78. The summed E-state index contributed by atoms with van der Waals surface area (Å²) in [4.78, 5) is 25.1. The van der Waals surface area contributed by atoms with Crippen molar-refractivity contribution in [2.45, 2.75) is 32.6 Å². The molecule has 178 valence electrons. The molecule has 0 aliphatic heterocycles. The standard InChI is InChI=1S/C26H28N2O5S/c1-17-9-11-22(12-10-17)34(31,32)28(21-14-18(2)13-19(3)15-21)16-25(29)27-24-8-6-7-23(20(24)4)26(30)33-5/h6-15H,16H2,1-5H3,(H,27,29). The molecule has 0 bridgehead atoms. The van der Waals surface area contributed by atoms with E-state index in [0.717, 1.165) is 21.0 Å². The predicted molar refractivity (Wildman–Crippen MR) is 133 cm³/mol. The molecule has 3 rings (SSSR count). The number of aryl methyl sites for hydroxylation is 3. The summed E-state index contributed by atoms with van der Waals surface area (Å²) in [7, 11) is -2.75. The molecule has 1 amide bonds. The summed E-state index contributed by atoms with van der Waals surface area (Å²) >= 11 is 0. The lowest BCUT2D eigenvalue weighted by Crippen LogP contribution is -2.38. The van der Waals surface area contributed by atoms with Crippen LogP contribution in [0.2, 0.25) is 0 Å². The Hall–Kier alpha value is -3.65.